The minimum Gasteiger partial charge on any atom is -0.365 e. The van der Waals surface area contributed by atoms with Crippen LogP contribution in [0.5, 0.6) is 0 Å². The molecule has 2 aliphatic rings. The summed E-state index contributed by atoms with van der Waals surface area (Å²) in [6.45, 7) is 13.3. The Kier molecular flexibility index (Phi) is 4.88. The molecule has 4 nitrogen and oxygen atoms in total. The number of rotatable bonds is 4. The van der Waals surface area contributed by atoms with Gasteiger partial charge in [0.25, 0.3) is 0 Å². The van der Waals surface area contributed by atoms with Crippen molar-refractivity contribution in [1.29, 1.82) is 0 Å². The highest BCUT2D eigenvalue weighted by Crippen LogP contribution is 2.63. The van der Waals surface area contributed by atoms with Crippen molar-refractivity contribution in [3.05, 3.63) is 12.7 Å². The number of allylic oxidation sites excluding steroid dienone is 1. The van der Waals surface area contributed by atoms with E-state index >= 15 is 0 Å². The summed E-state index contributed by atoms with van der Waals surface area (Å²) in [7, 11) is 0. The van der Waals surface area contributed by atoms with Crippen LogP contribution >= 0.6 is 0 Å². The number of carbonyl (C=O) groups is 2. The molecule has 0 unspecified atom stereocenters. The first kappa shape index (κ1) is 19.3. The molecule has 0 radical (unpaired) electrons. The zero-order valence-corrected chi connectivity index (χ0v) is 15.6. The summed E-state index contributed by atoms with van der Waals surface area (Å²) in [4.78, 5) is 25.9. The summed E-state index contributed by atoms with van der Waals surface area (Å²) in [5.74, 6) is -3.13. The summed E-state index contributed by atoms with van der Waals surface area (Å²) in [6.07, 6.45) is 3.15. The van der Waals surface area contributed by atoms with E-state index < -0.39 is 23.0 Å². The van der Waals surface area contributed by atoms with E-state index in [0.29, 0.717) is 19.3 Å². The second-order valence-corrected chi connectivity index (χ2v) is 9.03. The van der Waals surface area contributed by atoms with E-state index in [2.05, 4.69) is 6.58 Å². The van der Waals surface area contributed by atoms with Crippen LogP contribution in [-0.4, -0.2) is 27.6 Å². The van der Waals surface area contributed by atoms with E-state index in [0.717, 1.165) is 0 Å². The molecule has 0 bridgehead atoms. The van der Waals surface area contributed by atoms with Crippen molar-refractivity contribution < 1.29 is 19.8 Å². The number of hydrogen-bond acceptors (Lipinski definition) is 4. The van der Waals surface area contributed by atoms with Crippen molar-refractivity contribution in [3.63, 3.8) is 0 Å². The quantitative estimate of drug-likeness (QED) is 0.611. The topological polar surface area (TPSA) is 74.6 Å². The van der Waals surface area contributed by atoms with Gasteiger partial charge in [0.2, 0.25) is 0 Å². The summed E-state index contributed by atoms with van der Waals surface area (Å²) in [5.41, 5.74) is -1.50. The van der Waals surface area contributed by atoms with Gasteiger partial charge >= 0.3 is 0 Å². The first-order valence-corrected chi connectivity index (χ1v) is 9.01. The van der Waals surface area contributed by atoms with Crippen molar-refractivity contribution >= 4 is 11.6 Å². The standard InChI is InChI=1S/C20H32O4/c1-7-12(2)10-14(21)16-13(3)11-15(22)17-18(4,5)8-9-20(23,24)19(16,17)6/h7,12-13,16-17,23-24H,1,8-11H2,2-6H3/t12-,13+,16-,17+,19-/m1/s1. The molecule has 2 aliphatic carbocycles. The van der Waals surface area contributed by atoms with E-state index in [4.69, 9.17) is 0 Å². The molecule has 0 aromatic heterocycles. The zero-order valence-electron chi connectivity index (χ0n) is 15.6. The van der Waals surface area contributed by atoms with Crippen LogP contribution < -0.4 is 0 Å². The Hall–Kier alpha value is -1.00. The Balaban J connectivity index is 2.54. The maximum Gasteiger partial charge on any atom is 0.169 e. The monoisotopic (exact) mass is 336 g/mol. The van der Waals surface area contributed by atoms with Crippen molar-refractivity contribution in [1.82, 2.24) is 0 Å². The van der Waals surface area contributed by atoms with E-state index in [1.165, 1.54) is 0 Å². The van der Waals surface area contributed by atoms with Crippen LogP contribution in [0, 0.1) is 34.5 Å². The summed E-state index contributed by atoms with van der Waals surface area (Å²) < 4.78 is 0. The van der Waals surface area contributed by atoms with Gasteiger partial charge in [-0.25, -0.2) is 0 Å². The van der Waals surface area contributed by atoms with E-state index in [-0.39, 0.29) is 35.2 Å². The molecule has 0 aromatic carbocycles. The molecular formula is C20H32O4. The average Bonchev–Trinajstić information content (AvgIpc) is 2.42. The molecule has 24 heavy (non-hydrogen) atoms. The third-order valence-corrected chi connectivity index (χ3v) is 6.69. The highest BCUT2D eigenvalue weighted by molar-refractivity contribution is 5.90. The molecule has 0 amide bonds. The van der Waals surface area contributed by atoms with Gasteiger partial charge in [0.15, 0.2) is 5.79 Å². The highest BCUT2D eigenvalue weighted by atomic mass is 16.5. The normalized spacial score (nSPS) is 39.0. The lowest BCUT2D eigenvalue weighted by Crippen LogP contribution is -2.68. The van der Waals surface area contributed by atoms with Crippen LogP contribution in [0.1, 0.15) is 60.3 Å². The molecule has 136 valence electrons. The fourth-order valence-electron chi connectivity index (χ4n) is 5.48. The molecule has 0 saturated heterocycles. The maximum absolute atomic E-state index is 13.1. The van der Waals surface area contributed by atoms with Gasteiger partial charge in [-0.15, -0.1) is 6.58 Å². The van der Waals surface area contributed by atoms with E-state index in [9.17, 15) is 19.8 Å². The minimum absolute atomic E-state index is 0.0140. The fraction of sp³-hybridized carbons (Fsp3) is 0.800. The SMILES string of the molecule is C=C[C@@H](C)CC(=O)[C@H]1[C@@H](C)CC(=O)[C@H]2C(C)(C)CCC(O)(O)[C@]12C. The van der Waals surface area contributed by atoms with E-state index in [1.54, 1.807) is 13.0 Å². The van der Waals surface area contributed by atoms with Crippen LogP contribution in [0.4, 0.5) is 0 Å². The Morgan fingerprint density at radius 3 is 2.46 bits per heavy atom. The average molecular weight is 336 g/mol. The maximum atomic E-state index is 13.1. The van der Waals surface area contributed by atoms with Crippen LogP contribution in [0.15, 0.2) is 12.7 Å². The number of fused-ring (bicyclic) bond motifs is 1. The molecule has 5 atom stereocenters. The van der Waals surface area contributed by atoms with Gasteiger partial charge in [0.1, 0.15) is 11.6 Å². The first-order chi connectivity index (χ1) is 10.9. The summed E-state index contributed by atoms with van der Waals surface area (Å²) in [5, 5.41) is 21.7. The Morgan fingerprint density at radius 1 is 1.33 bits per heavy atom. The number of hydrogen-bond donors (Lipinski definition) is 2. The van der Waals surface area contributed by atoms with Crippen molar-refractivity contribution in [2.24, 2.45) is 34.5 Å². The molecule has 2 saturated carbocycles. The van der Waals surface area contributed by atoms with Gasteiger partial charge in [-0.3, -0.25) is 9.59 Å². The van der Waals surface area contributed by atoms with Gasteiger partial charge in [0, 0.05) is 36.5 Å². The van der Waals surface area contributed by atoms with Gasteiger partial charge in [-0.05, 0) is 23.7 Å². The number of ketones is 2. The van der Waals surface area contributed by atoms with Crippen molar-refractivity contribution in [2.75, 3.05) is 0 Å². The predicted molar refractivity (Wildman–Crippen MR) is 93.0 cm³/mol. The second kappa shape index (κ2) is 6.06. The van der Waals surface area contributed by atoms with Gasteiger partial charge in [-0.2, -0.15) is 0 Å². The molecule has 0 spiro atoms. The first-order valence-electron chi connectivity index (χ1n) is 9.01. The van der Waals surface area contributed by atoms with Crippen molar-refractivity contribution in [2.45, 2.75) is 66.1 Å². The van der Waals surface area contributed by atoms with Gasteiger partial charge in [-0.1, -0.05) is 40.7 Å². The lowest BCUT2D eigenvalue weighted by atomic mass is 9.43. The molecule has 4 heteroatoms. The Morgan fingerprint density at radius 2 is 1.92 bits per heavy atom. The molecule has 2 N–H and O–H groups in total. The Bertz CT molecular complexity index is 548. The van der Waals surface area contributed by atoms with Crippen molar-refractivity contribution in [3.8, 4) is 0 Å². The van der Waals surface area contributed by atoms with Gasteiger partial charge < -0.3 is 10.2 Å². The van der Waals surface area contributed by atoms with Crippen LogP contribution in [-0.2, 0) is 9.59 Å². The lowest BCUT2D eigenvalue weighted by Gasteiger charge is -2.62. The third kappa shape index (κ3) is 2.78. The summed E-state index contributed by atoms with van der Waals surface area (Å²) >= 11 is 0. The summed E-state index contributed by atoms with van der Waals surface area (Å²) in [6, 6.07) is 0. The number of Topliss-reactive ketones (excluding diaryl/α,β-unsaturated/α-hetero) is 2. The molecule has 0 aromatic rings. The molecular weight excluding hydrogens is 304 g/mol. The third-order valence-electron chi connectivity index (χ3n) is 6.69. The molecule has 2 rings (SSSR count). The van der Waals surface area contributed by atoms with Crippen LogP contribution in [0.3, 0.4) is 0 Å². The minimum atomic E-state index is -2.00. The highest BCUT2D eigenvalue weighted by Gasteiger charge is 2.68. The van der Waals surface area contributed by atoms with Crippen LogP contribution in [0.2, 0.25) is 0 Å². The van der Waals surface area contributed by atoms with Crippen LogP contribution in [0.25, 0.3) is 0 Å². The largest absolute Gasteiger partial charge is 0.365 e. The Labute approximate surface area is 145 Å². The van der Waals surface area contributed by atoms with E-state index in [1.807, 2.05) is 27.7 Å². The predicted octanol–water partition coefficient (Wildman–Crippen LogP) is 3.12. The van der Waals surface area contributed by atoms with Gasteiger partial charge in [0.05, 0.1) is 0 Å². The number of carbonyl (C=O) groups excluding carboxylic acids is 2. The molecule has 0 heterocycles. The second-order valence-electron chi connectivity index (χ2n) is 9.03. The zero-order chi connectivity index (χ0) is 18.5. The fourth-order valence-corrected chi connectivity index (χ4v) is 5.48. The smallest absolute Gasteiger partial charge is 0.169 e. The number of aliphatic hydroxyl groups is 2. The lowest BCUT2D eigenvalue weighted by molar-refractivity contribution is -0.309. The molecule has 0 aliphatic heterocycles. The molecule has 2 fully saturated rings.